The van der Waals surface area contributed by atoms with E-state index in [2.05, 4.69) is 20.2 Å². The summed E-state index contributed by atoms with van der Waals surface area (Å²) in [5.74, 6) is -0.152. The highest BCUT2D eigenvalue weighted by Gasteiger charge is 2.11. The Bertz CT molecular complexity index is 1060. The van der Waals surface area contributed by atoms with Crippen molar-refractivity contribution in [2.24, 2.45) is 10.2 Å². The van der Waals surface area contributed by atoms with Gasteiger partial charge in [-0.3, -0.25) is 0 Å². The number of azo groups is 1. The number of hydrogen-bond acceptors (Lipinski definition) is 4. The molecule has 0 saturated heterocycles. The van der Waals surface area contributed by atoms with Gasteiger partial charge in [0.2, 0.25) is 5.88 Å². The number of fused-ring (bicyclic) bond motifs is 2. The van der Waals surface area contributed by atoms with Gasteiger partial charge in [0.15, 0.2) is 11.5 Å². The molecule has 0 aliphatic carbocycles. The van der Waals surface area contributed by atoms with Gasteiger partial charge in [0.05, 0.1) is 11.0 Å². The van der Waals surface area contributed by atoms with Crippen LogP contribution >= 0.6 is 0 Å². The summed E-state index contributed by atoms with van der Waals surface area (Å²) in [6.45, 7) is 0. The fourth-order valence-electron chi connectivity index (χ4n) is 2.45. The Labute approximate surface area is 130 Å². The number of benzene rings is 2. The van der Waals surface area contributed by atoms with Gasteiger partial charge in [-0.15, -0.1) is 10.2 Å². The summed E-state index contributed by atoms with van der Waals surface area (Å²) in [5, 5.41) is 19.5. The van der Waals surface area contributed by atoms with Crippen LogP contribution in [0.15, 0.2) is 64.8 Å². The third-order valence-electron chi connectivity index (χ3n) is 3.55. The number of para-hydroxylation sites is 1. The van der Waals surface area contributed by atoms with E-state index < -0.39 is 5.82 Å². The van der Waals surface area contributed by atoms with E-state index in [1.54, 1.807) is 6.07 Å². The van der Waals surface area contributed by atoms with Crippen molar-refractivity contribution in [3.8, 4) is 5.88 Å². The van der Waals surface area contributed by atoms with E-state index in [0.29, 0.717) is 16.7 Å². The van der Waals surface area contributed by atoms with E-state index in [9.17, 15) is 9.50 Å². The number of nitrogens with zero attached hydrogens (tertiary/aromatic N) is 3. The fraction of sp³-hybridized carbons (Fsp3) is 0. The summed E-state index contributed by atoms with van der Waals surface area (Å²) in [6, 6.07) is 15.4. The van der Waals surface area contributed by atoms with Gasteiger partial charge >= 0.3 is 0 Å². The quantitative estimate of drug-likeness (QED) is 0.513. The Morgan fingerprint density at radius 3 is 2.78 bits per heavy atom. The molecule has 0 fully saturated rings. The van der Waals surface area contributed by atoms with Gasteiger partial charge in [-0.1, -0.05) is 18.2 Å². The fourth-order valence-corrected chi connectivity index (χ4v) is 2.45. The Balaban J connectivity index is 1.78. The maximum absolute atomic E-state index is 13.4. The molecule has 4 rings (SSSR count). The number of nitrogens with one attached hydrogen (secondary N) is 1. The number of aromatic nitrogens is 2. The first-order valence-corrected chi connectivity index (χ1v) is 6.98. The first-order valence-electron chi connectivity index (χ1n) is 6.98. The SMILES string of the molecule is Oc1[nH]c2ccc(F)cc2c1N=Nc1ccc2ccccc2n1. The Kier molecular flexibility index (Phi) is 3.01. The normalized spacial score (nSPS) is 11.7. The van der Waals surface area contributed by atoms with Crippen LogP contribution in [0.5, 0.6) is 5.88 Å². The van der Waals surface area contributed by atoms with E-state index in [1.807, 2.05) is 30.3 Å². The van der Waals surface area contributed by atoms with E-state index >= 15 is 0 Å². The zero-order valence-corrected chi connectivity index (χ0v) is 11.9. The molecule has 0 unspecified atom stereocenters. The van der Waals surface area contributed by atoms with Gasteiger partial charge in [0.1, 0.15) is 5.82 Å². The van der Waals surface area contributed by atoms with Crippen LogP contribution in [0.1, 0.15) is 0 Å². The van der Waals surface area contributed by atoms with Gasteiger partial charge in [-0.25, -0.2) is 9.37 Å². The van der Waals surface area contributed by atoms with Crippen molar-refractivity contribution < 1.29 is 9.50 Å². The predicted molar refractivity (Wildman–Crippen MR) is 85.8 cm³/mol. The average molecular weight is 306 g/mol. The molecule has 2 N–H and O–H groups in total. The highest BCUT2D eigenvalue weighted by Crippen LogP contribution is 2.36. The molecule has 0 amide bonds. The third kappa shape index (κ3) is 2.40. The molecule has 2 heterocycles. The Hall–Kier alpha value is -3.28. The van der Waals surface area contributed by atoms with Crippen LogP contribution in [0, 0.1) is 5.82 Å². The van der Waals surface area contributed by atoms with E-state index in [4.69, 9.17) is 0 Å². The number of aromatic hydroxyl groups is 1. The molecule has 0 atom stereocenters. The molecule has 23 heavy (non-hydrogen) atoms. The minimum atomic E-state index is -0.406. The molecule has 6 heteroatoms. The second-order valence-corrected chi connectivity index (χ2v) is 5.07. The van der Waals surface area contributed by atoms with Gasteiger partial charge < -0.3 is 10.1 Å². The zero-order chi connectivity index (χ0) is 15.8. The Morgan fingerprint density at radius 1 is 1.00 bits per heavy atom. The first-order chi connectivity index (χ1) is 11.2. The summed E-state index contributed by atoms with van der Waals surface area (Å²) in [6.07, 6.45) is 0. The third-order valence-corrected chi connectivity index (χ3v) is 3.55. The lowest BCUT2D eigenvalue weighted by molar-refractivity contribution is 0.459. The lowest BCUT2D eigenvalue weighted by atomic mass is 10.2. The second kappa shape index (κ2) is 5.17. The monoisotopic (exact) mass is 306 g/mol. The molecule has 0 aliphatic rings. The molecule has 0 spiro atoms. The zero-order valence-electron chi connectivity index (χ0n) is 11.9. The maximum Gasteiger partial charge on any atom is 0.218 e. The number of hydrogen-bond donors (Lipinski definition) is 2. The average Bonchev–Trinajstić information content (AvgIpc) is 2.87. The van der Waals surface area contributed by atoms with Crippen molar-refractivity contribution in [3.05, 3.63) is 60.4 Å². The smallest absolute Gasteiger partial charge is 0.218 e. The number of halogens is 1. The highest BCUT2D eigenvalue weighted by atomic mass is 19.1. The summed E-state index contributed by atoms with van der Waals surface area (Å²) in [4.78, 5) is 7.11. The summed E-state index contributed by atoms with van der Waals surface area (Å²) >= 11 is 0. The van der Waals surface area contributed by atoms with E-state index in [1.165, 1.54) is 18.2 Å². The van der Waals surface area contributed by atoms with Crippen molar-refractivity contribution in [3.63, 3.8) is 0 Å². The molecule has 0 radical (unpaired) electrons. The van der Waals surface area contributed by atoms with Crippen molar-refractivity contribution in [2.45, 2.75) is 0 Å². The standard InChI is InChI=1S/C17H11FN4O/c18-11-6-7-14-12(9-11)16(17(23)20-14)22-21-15-8-5-10-3-1-2-4-13(10)19-15/h1-9,20,23H. The van der Waals surface area contributed by atoms with Crippen molar-refractivity contribution in [1.82, 2.24) is 9.97 Å². The topological polar surface area (TPSA) is 73.6 Å². The van der Waals surface area contributed by atoms with Crippen LogP contribution < -0.4 is 0 Å². The lowest BCUT2D eigenvalue weighted by Gasteiger charge is -1.97. The molecule has 2 aromatic heterocycles. The van der Waals surface area contributed by atoms with Gasteiger partial charge in [-0.05, 0) is 36.4 Å². The summed E-state index contributed by atoms with van der Waals surface area (Å²) in [5.41, 5.74) is 1.58. The molecule has 0 aliphatic heterocycles. The van der Waals surface area contributed by atoms with Crippen LogP contribution in [-0.2, 0) is 0 Å². The molecular formula is C17H11FN4O. The predicted octanol–water partition coefficient (Wildman–Crippen LogP) is 4.98. The maximum atomic E-state index is 13.4. The van der Waals surface area contributed by atoms with Crippen molar-refractivity contribution in [1.29, 1.82) is 0 Å². The molecule has 0 saturated carbocycles. The molecule has 0 bridgehead atoms. The van der Waals surface area contributed by atoms with Gasteiger partial charge in [0.25, 0.3) is 0 Å². The van der Waals surface area contributed by atoms with Crippen LogP contribution in [0.3, 0.4) is 0 Å². The molecule has 4 aromatic rings. The van der Waals surface area contributed by atoms with E-state index in [0.717, 1.165) is 10.9 Å². The van der Waals surface area contributed by atoms with E-state index in [-0.39, 0.29) is 11.6 Å². The van der Waals surface area contributed by atoms with Crippen molar-refractivity contribution in [2.75, 3.05) is 0 Å². The molecule has 2 aromatic carbocycles. The molecular weight excluding hydrogens is 295 g/mol. The van der Waals surface area contributed by atoms with Crippen molar-refractivity contribution >= 4 is 33.3 Å². The van der Waals surface area contributed by atoms with Gasteiger partial charge in [-0.2, -0.15) is 0 Å². The first kappa shape index (κ1) is 13.4. The van der Waals surface area contributed by atoms with Gasteiger partial charge in [0, 0.05) is 10.8 Å². The largest absolute Gasteiger partial charge is 0.493 e. The minimum absolute atomic E-state index is 0.157. The summed E-state index contributed by atoms with van der Waals surface area (Å²) < 4.78 is 13.4. The lowest BCUT2D eigenvalue weighted by Crippen LogP contribution is -1.77. The number of rotatable bonds is 2. The minimum Gasteiger partial charge on any atom is -0.493 e. The van der Waals surface area contributed by atoms with Crippen LogP contribution in [-0.4, -0.2) is 15.1 Å². The molecule has 5 nitrogen and oxygen atoms in total. The van der Waals surface area contributed by atoms with Crippen LogP contribution in [0.2, 0.25) is 0 Å². The number of H-pyrrole nitrogens is 1. The highest BCUT2D eigenvalue weighted by molar-refractivity contribution is 5.94. The molecule has 112 valence electrons. The number of aromatic amines is 1. The van der Waals surface area contributed by atoms with Crippen LogP contribution in [0.4, 0.5) is 15.9 Å². The Morgan fingerprint density at radius 2 is 1.87 bits per heavy atom. The van der Waals surface area contributed by atoms with Crippen LogP contribution in [0.25, 0.3) is 21.8 Å². The number of pyridine rings is 1. The second-order valence-electron chi connectivity index (χ2n) is 5.07. The summed E-state index contributed by atoms with van der Waals surface area (Å²) in [7, 11) is 0.